The van der Waals surface area contributed by atoms with Crippen LogP contribution in [-0.4, -0.2) is 13.0 Å². The van der Waals surface area contributed by atoms with Gasteiger partial charge in [0.15, 0.2) is 0 Å². The summed E-state index contributed by atoms with van der Waals surface area (Å²) in [6, 6.07) is 20.5. The quantitative estimate of drug-likeness (QED) is 0.581. The third-order valence-corrected chi connectivity index (χ3v) is 5.35. The summed E-state index contributed by atoms with van der Waals surface area (Å²) in [5.74, 6) is 0.609. The molecule has 0 saturated heterocycles. The number of nitrogens with one attached hydrogen (secondary N) is 2. The van der Waals surface area contributed by atoms with Crippen molar-refractivity contribution in [1.29, 1.82) is 0 Å². The van der Waals surface area contributed by atoms with E-state index in [1.165, 1.54) is 0 Å². The zero-order chi connectivity index (χ0) is 19.7. The first-order valence-electron chi connectivity index (χ1n) is 8.78. The van der Waals surface area contributed by atoms with Gasteiger partial charge >= 0.3 is 0 Å². The van der Waals surface area contributed by atoms with Gasteiger partial charge in [-0.05, 0) is 54.1 Å². The monoisotopic (exact) mass is 412 g/mol. The van der Waals surface area contributed by atoms with Crippen LogP contribution in [0, 0.1) is 0 Å². The number of amides is 1. The van der Waals surface area contributed by atoms with Gasteiger partial charge in [0.2, 0.25) is 0 Å². The van der Waals surface area contributed by atoms with E-state index in [9.17, 15) is 4.79 Å². The zero-order valence-electron chi connectivity index (χ0n) is 15.1. The third-order valence-electron chi connectivity index (χ3n) is 4.88. The molecule has 3 aromatic rings. The van der Waals surface area contributed by atoms with Crippen LogP contribution >= 0.6 is 23.2 Å². The Labute approximate surface area is 173 Å². The summed E-state index contributed by atoms with van der Waals surface area (Å²) < 4.78 is 5.23. The standard InChI is InChI=1S/C22H18Cl2N2O2/c1-28-18-8-6-17(7-9-18)26-22(13-14-3-2-4-15(23)11-14)19-10-5-16(24)12-20(19)25-21(22)27/h2-12,26H,13H2,1H3,(H,25,27). The number of rotatable bonds is 5. The number of hydrogen-bond acceptors (Lipinski definition) is 3. The highest BCUT2D eigenvalue weighted by Crippen LogP contribution is 2.42. The lowest BCUT2D eigenvalue weighted by atomic mass is 9.84. The van der Waals surface area contributed by atoms with E-state index in [2.05, 4.69) is 10.6 Å². The molecule has 0 saturated carbocycles. The van der Waals surface area contributed by atoms with Gasteiger partial charge < -0.3 is 15.4 Å². The van der Waals surface area contributed by atoms with Gasteiger partial charge in [0.1, 0.15) is 11.3 Å². The van der Waals surface area contributed by atoms with Crippen LogP contribution in [0.4, 0.5) is 11.4 Å². The van der Waals surface area contributed by atoms with Gasteiger partial charge in [0.05, 0.1) is 7.11 Å². The molecule has 142 valence electrons. The Morgan fingerprint density at radius 3 is 2.46 bits per heavy atom. The van der Waals surface area contributed by atoms with Gasteiger partial charge in [-0.25, -0.2) is 0 Å². The largest absolute Gasteiger partial charge is 0.497 e. The highest BCUT2D eigenvalue weighted by Gasteiger charge is 2.47. The number of methoxy groups -OCH3 is 1. The van der Waals surface area contributed by atoms with E-state index in [1.54, 1.807) is 19.2 Å². The maximum absolute atomic E-state index is 13.2. The van der Waals surface area contributed by atoms with Crippen LogP contribution < -0.4 is 15.4 Å². The fraction of sp³-hybridized carbons (Fsp3) is 0.136. The second kappa shape index (κ2) is 7.38. The number of carbonyl (C=O) groups excluding carboxylic acids is 1. The minimum Gasteiger partial charge on any atom is -0.497 e. The smallest absolute Gasteiger partial charge is 0.255 e. The number of halogens is 2. The van der Waals surface area contributed by atoms with Gasteiger partial charge in [-0.2, -0.15) is 0 Å². The highest BCUT2D eigenvalue weighted by molar-refractivity contribution is 6.31. The van der Waals surface area contributed by atoms with Crippen LogP contribution in [0.3, 0.4) is 0 Å². The molecular formula is C22H18Cl2N2O2. The number of anilines is 2. The first kappa shape index (κ1) is 18.7. The van der Waals surface area contributed by atoms with E-state index < -0.39 is 5.54 Å². The Bertz CT molecular complexity index is 1040. The van der Waals surface area contributed by atoms with E-state index in [1.807, 2.05) is 54.6 Å². The normalized spacial score (nSPS) is 17.8. The van der Waals surface area contributed by atoms with Crippen LogP contribution in [0.1, 0.15) is 11.1 Å². The number of carbonyl (C=O) groups is 1. The molecule has 3 aromatic carbocycles. The fourth-order valence-electron chi connectivity index (χ4n) is 3.56. The molecule has 1 amide bonds. The summed E-state index contributed by atoms with van der Waals surface area (Å²) >= 11 is 12.3. The van der Waals surface area contributed by atoms with Crippen molar-refractivity contribution in [3.8, 4) is 5.75 Å². The molecule has 1 unspecified atom stereocenters. The minimum absolute atomic E-state index is 0.138. The molecule has 0 aliphatic carbocycles. The predicted octanol–water partition coefficient (Wildman–Crippen LogP) is 5.50. The SMILES string of the molecule is COc1ccc(NC2(Cc3cccc(Cl)c3)C(=O)Nc3cc(Cl)ccc32)cc1. The molecule has 4 rings (SSSR count). The zero-order valence-corrected chi connectivity index (χ0v) is 16.6. The summed E-state index contributed by atoms with van der Waals surface area (Å²) in [4.78, 5) is 13.2. The van der Waals surface area contributed by atoms with E-state index in [0.29, 0.717) is 22.2 Å². The first-order chi connectivity index (χ1) is 13.5. The number of benzene rings is 3. The molecule has 6 heteroatoms. The Morgan fingerprint density at radius 1 is 1.00 bits per heavy atom. The van der Waals surface area contributed by atoms with Gasteiger partial charge in [0.25, 0.3) is 5.91 Å². The lowest BCUT2D eigenvalue weighted by Crippen LogP contribution is -2.44. The van der Waals surface area contributed by atoms with Crippen LogP contribution in [0.15, 0.2) is 66.7 Å². The summed E-state index contributed by atoms with van der Waals surface area (Å²) in [5.41, 5.74) is 2.32. The lowest BCUT2D eigenvalue weighted by Gasteiger charge is -2.30. The van der Waals surface area contributed by atoms with Crippen molar-refractivity contribution in [2.24, 2.45) is 0 Å². The molecule has 1 aliphatic rings. The molecule has 0 bridgehead atoms. The average molecular weight is 413 g/mol. The van der Waals surface area contributed by atoms with Crippen molar-refractivity contribution in [3.63, 3.8) is 0 Å². The Balaban J connectivity index is 1.80. The molecule has 1 aliphatic heterocycles. The van der Waals surface area contributed by atoms with Gasteiger partial charge in [0, 0.05) is 33.4 Å². The molecule has 4 nitrogen and oxygen atoms in total. The van der Waals surface area contributed by atoms with Gasteiger partial charge in [-0.15, -0.1) is 0 Å². The molecule has 0 spiro atoms. The van der Waals surface area contributed by atoms with Gasteiger partial charge in [-0.3, -0.25) is 4.79 Å². The highest BCUT2D eigenvalue weighted by atomic mass is 35.5. The van der Waals surface area contributed by atoms with Crippen molar-refractivity contribution in [1.82, 2.24) is 0 Å². The predicted molar refractivity (Wildman–Crippen MR) is 114 cm³/mol. The Morgan fingerprint density at radius 2 is 1.75 bits per heavy atom. The maximum Gasteiger partial charge on any atom is 0.255 e. The first-order valence-corrected chi connectivity index (χ1v) is 9.54. The van der Waals surface area contributed by atoms with Crippen LogP contribution in [-0.2, 0) is 16.8 Å². The van der Waals surface area contributed by atoms with E-state index >= 15 is 0 Å². The third kappa shape index (κ3) is 3.41. The van der Waals surface area contributed by atoms with Gasteiger partial charge in [-0.1, -0.05) is 41.4 Å². The Hall–Kier alpha value is -2.69. The van der Waals surface area contributed by atoms with Crippen molar-refractivity contribution in [3.05, 3.63) is 87.9 Å². The molecule has 1 heterocycles. The molecular weight excluding hydrogens is 395 g/mol. The van der Waals surface area contributed by atoms with Crippen molar-refractivity contribution >= 4 is 40.5 Å². The topological polar surface area (TPSA) is 50.4 Å². The summed E-state index contributed by atoms with van der Waals surface area (Å²) in [5, 5.41) is 7.61. The molecule has 28 heavy (non-hydrogen) atoms. The molecule has 2 N–H and O–H groups in total. The maximum atomic E-state index is 13.2. The summed E-state index contributed by atoms with van der Waals surface area (Å²) in [7, 11) is 1.62. The Kier molecular flexibility index (Phi) is 4.92. The number of fused-ring (bicyclic) bond motifs is 1. The van der Waals surface area contributed by atoms with Crippen molar-refractivity contribution < 1.29 is 9.53 Å². The van der Waals surface area contributed by atoms with Crippen LogP contribution in [0.5, 0.6) is 5.75 Å². The van der Waals surface area contributed by atoms with Crippen molar-refractivity contribution in [2.75, 3.05) is 17.7 Å². The average Bonchev–Trinajstić information content (AvgIpc) is 2.93. The summed E-state index contributed by atoms with van der Waals surface area (Å²) in [6.45, 7) is 0. The summed E-state index contributed by atoms with van der Waals surface area (Å²) in [6.07, 6.45) is 0.431. The molecule has 1 atom stereocenters. The van der Waals surface area contributed by atoms with Crippen molar-refractivity contribution in [2.45, 2.75) is 12.0 Å². The fourth-order valence-corrected chi connectivity index (χ4v) is 3.95. The second-order valence-electron chi connectivity index (χ2n) is 6.71. The van der Waals surface area contributed by atoms with Crippen LogP contribution in [0.2, 0.25) is 10.0 Å². The number of hydrogen-bond donors (Lipinski definition) is 2. The number of ether oxygens (including phenoxy) is 1. The second-order valence-corrected chi connectivity index (χ2v) is 7.58. The molecule has 0 radical (unpaired) electrons. The van der Waals surface area contributed by atoms with Crippen LogP contribution in [0.25, 0.3) is 0 Å². The van der Waals surface area contributed by atoms with E-state index in [-0.39, 0.29) is 5.91 Å². The van der Waals surface area contributed by atoms with E-state index in [0.717, 1.165) is 22.6 Å². The lowest BCUT2D eigenvalue weighted by molar-refractivity contribution is -0.119. The molecule has 0 fully saturated rings. The minimum atomic E-state index is -0.987. The van der Waals surface area contributed by atoms with E-state index in [4.69, 9.17) is 27.9 Å². The molecule has 0 aromatic heterocycles.